The van der Waals surface area contributed by atoms with Crippen LogP contribution in [-0.4, -0.2) is 28.0 Å². The Bertz CT molecular complexity index is 1180. The van der Waals surface area contributed by atoms with Gasteiger partial charge in [-0.05, 0) is 59.9 Å². The van der Waals surface area contributed by atoms with Gasteiger partial charge in [-0.3, -0.25) is 9.10 Å². The first kappa shape index (κ1) is 25.3. The maximum Gasteiger partial charge on any atom is 0.264 e. The molecule has 6 nitrogen and oxygen atoms in total. The summed E-state index contributed by atoms with van der Waals surface area (Å²) in [6, 6.07) is 22.7. The van der Waals surface area contributed by atoms with Crippen molar-refractivity contribution in [1.29, 1.82) is 0 Å². The molecule has 180 valence electrons. The van der Waals surface area contributed by atoms with Gasteiger partial charge >= 0.3 is 0 Å². The van der Waals surface area contributed by atoms with Gasteiger partial charge in [0.25, 0.3) is 10.0 Å². The van der Waals surface area contributed by atoms with E-state index in [0.717, 1.165) is 16.9 Å². The topological polar surface area (TPSA) is 75.7 Å². The summed E-state index contributed by atoms with van der Waals surface area (Å²) in [5.41, 5.74) is 2.46. The van der Waals surface area contributed by atoms with Crippen molar-refractivity contribution in [2.45, 2.75) is 44.0 Å². The third-order valence-corrected chi connectivity index (χ3v) is 7.52. The molecule has 7 heteroatoms. The van der Waals surface area contributed by atoms with Crippen molar-refractivity contribution in [2.24, 2.45) is 0 Å². The number of carbonyl (C=O) groups excluding carboxylic acids is 1. The van der Waals surface area contributed by atoms with Crippen LogP contribution >= 0.6 is 0 Å². The quantitative estimate of drug-likeness (QED) is 0.428. The summed E-state index contributed by atoms with van der Waals surface area (Å²) in [7, 11) is -2.34. The van der Waals surface area contributed by atoms with Crippen LogP contribution in [0.2, 0.25) is 0 Å². The van der Waals surface area contributed by atoms with E-state index in [0.29, 0.717) is 18.0 Å². The first-order valence-electron chi connectivity index (χ1n) is 11.4. The van der Waals surface area contributed by atoms with Gasteiger partial charge in [0.1, 0.15) is 12.3 Å². The van der Waals surface area contributed by atoms with Gasteiger partial charge in [0.05, 0.1) is 23.7 Å². The van der Waals surface area contributed by atoms with Crippen LogP contribution in [0.4, 0.5) is 5.69 Å². The Balaban J connectivity index is 1.89. The molecule has 0 radical (unpaired) electrons. The third kappa shape index (κ3) is 5.97. The molecule has 0 fully saturated rings. The van der Waals surface area contributed by atoms with Crippen molar-refractivity contribution >= 4 is 21.6 Å². The van der Waals surface area contributed by atoms with Gasteiger partial charge in [0.15, 0.2) is 0 Å². The second-order valence-electron chi connectivity index (χ2n) is 8.37. The molecule has 0 aliphatic carbocycles. The molecule has 1 atom stereocenters. The minimum Gasteiger partial charge on any atom is -0.497 e. The molecule has 0 aliphatic heterocycles. The predicted octanol–water partition coefficient (Wildman–Crippen LogP) is 5.28. The fraction of sp³-hybridized carbons (Fsp3) is 0.296. The summed E-state index contributed by atoms with van der Waals surface area (Å²) in [5.74, 6) is 0.663. The van der Waals surface area contributed by atoms with Crippen molar-refractivity contribution in [3.63, 3.8) is 0 Å². The Morgan fingerprint density at radius 3 is 2.03 bits per heavy atom. The number of hydrogen-bond acceptors (Lipinski definition) is 4. The molecular weight excluding hydrogens is 448 g/mol. The molecule has 3 aromatic rings. The highest BCUT2D eigenvalue weighted by Crippen LogP contribution is 2.26. The lowest BCUT2D eigenvalue weighted by Gasteiger charge is -2.26. The highest BCUT2D eigenvalue weighted by Gasteiger charge is 2.28. The van der Waals surface area contributed by atoms with E-state index >= 15 is 0 Å². The van der Waals surface area contributed by atoms with E-state index in [2.05, 4.69) is 19.2 Å². The van der Waals surface area contributed by atoms with Gasteiger partial charge in [0.2, 0.25) is 5.91 Å². The van der Waals surface area contributed by atoms with E-state index in [9.17, 15) is 13.2 Å². The summed E-state index contributed by atoms with van der Waals surface area (Å²) in [5, 5.41) is 2.99. The van der Waals surface area contributed by atoms with Crippen molar-refractivity contribution in [2.75, 3.05) is 18.0 Å². The van der Waals surface area contributed by atoms with Crippen LogP contribution in [0.5, 0.6) is 5.75 Å². The molecule has 0 saturated carbocycles. The van der Waals surface area contributed by atoms with Crippen LogP contribution in [-0.2, 0) is 14.8 Å². The zero-order chi connectivity index (χ0) is 24.7. The molecule has 3 aromatic carbocycles. The number of sulfonamides is 1. The molecule has 0 spiro atoms. The second-order valence-corrected chi connectivity index (χ2v) is 10.2. The number of carbonyl (C=O) groups is 1. The Hall–Kier alpha value is -3.32. The van der Waals surface area contributed by atoms with Gasteiger partial charge in [0, 0.05) is 0 Å². The van der Waals surface area contributed by atoms with Crippen LogP contribution in [0.3, 0.4) is 0 Å². The van der Waals surface area contributed by atoms with Crippen LogP contribution < -0.4 is 14.4 Å². The monoisotopic (exact) mass is 480 g/mol. The smallest absolute Gasteiger partial charge is 0.264 e. The Morgan fingerprint density at radius 2 is 1.50 bits per heavy atom. The first-order valence-corrected chi connectivity index (χ1v) is 12.8. The second kappa shape index (κ2) is 11.2. The van der Waals surface area contributed by atoms with E-state index in [1.165, 1.54) is 16.4 Å². The van der Waals surface area contributed by atoms with E-state index in [-0.39, 0.29) is 23.4 Å². The SMILES string of the molecule is CCC(NC(=O)CN(c1ccc(C(C)C)cc1)S(=O)(=O)c1ccccc1)c1ccc(OC)cc1. The molecule has 0 aromatic heterocycles. The Kier molecular flexibility index (Phi) is 8.34. The molecular formula is C27H32N2O4S. The molecule has 0 heterocycles. The molecule has 0 saturated heterocycles. The molecule has 34 heavy (non-hydrogen) atoms. The average Bonchev–Trinajstić information content (AvgIpc) is 2.86. The van der Waals surface area contributed by atoms with E-state index in [1.54, 1.807) is 37.4 Å². The first-order chi connectivity index (χ1) is 16.3. The largest absolute Gasteiger partial charge is 0.497 e. The maximum atomic E-state index is 13.5. The fourth-order valence-corrected chi connectivity index (χ4v) is 5.13. The van der Waals surface area contributed by atoms with Crippen molar-refractivity contribution < 1.29 is 17.9 Å². The van der Waals surface area contributed by atoms with E-state index in [4.69, 9.17) is 4.74 Å². The number of amides is 1. The van der Waals surface area contributed by atoms with Crippen molar-refractivity contribution in [3.05, 3.63) is 90.0 Å². The maximum absolute atomic E-state index is 13.5. The highest BCUT2D eigenvalue weighted by molar-refractivity contribution is 7.92. The Morgan fingerprint density at radius 1 is 0.912 bits per heavy atom. The highest BCUT2D eigenvalue weighted by atomic mass is 32.2. The fourth-order valence-electron chi connectivity index (χ4n) is 3.69. The van der Waals surface area contributed by atoms with E-state index < -0.39 is 10.0 Å². The standard InChI is InChI=1S/C27H32N2O4S/c1-5-26(22-13-17-24(33-4)18-14-22)28-27(30)19-29(23-15-11-21(12-16-23)20(2)3)34(31,32)25-9-7-6-8-10-25/h6-18,20,26H,5,19H2,1-4H3,(H,28,30). The summed E-state index contributed by atoms with van der Waals surface area (Å²) in [4.78, 5) is 13.2. The molecule has 0 bridgehead atoms. The van der Waals surface area contributed by atoms with Crippen LogP contribution in [0.1, 0.15) is 50.3 Å². The minimum atomic E-state index is -3.94. The number of rotatable bonds is 10. The number of methoxy groups -OCH3 is 1. The zero-order valence-electron chi connectivity index (χ0n) is 20.1. The Labute approximate surface area is 202 Å². The lowest BCUT2D eigenvalue weighted by atomic mass is 10.0. The molecule has 3 rings (SSSR count). The molecule has 1 amide bonds. The summed E-state index contributed by atoms with van der Waals surface area (Å²) < 4.78 is 33.4. The van der Waals surface area contributed by atoms with Crippen LogP contribution in [0.15, 0.2) is 83.8 Å². The number of nitrogens with zero attached hydrogens (tertiary/aromatic N) is 1. The van der Waals surface area contributed by atoms with E-state index in [1.807, 2.05) is 43.3 Å². The average molecular weight is 481 g/mol. The molecule has 1 unspecified atom stereocenters. The number of benzene rings is 3. The minimum absolute atomic E-state index is 0.137. The molecule has 1 N–H and O–H groups in total. The summed E-state index contributed by atoms with van der Waals surface area (Å²) in [6.07, 6.45) is 0.659. The van der Waals surface area contributed by atoms with Crippen molar-refractivity contribution in [3.8, 4) is 5.75 Å². The van der Waals surface area contributed by atoms with Gasteiger partial charge in [-0.25, -0.2) is 8.42 Å². The lowest BCUT2D eigenvalue weighted by Crippen LogP contribution is -2.42. The molecule has 0 aliphatic rings. The number of nitrogens with one attached hydrogen (secondary N) is 1. The number of ether oxygens (including phenoxy) is 1. The van der Waals surface area contributed by atoms with Crippen LogP contribution in [0.25, 0.3) is 0 Å². The summed E-state index contributed by atoms with van der Waals surface area (Å²) >= 11 is 0. The lowest BCUT2D eigenvalue weighted by molar-refractivity contribution is -0.120. The van der Waals surface area contributed by atoms with Crippen LogP contribution in [0, 0.1) is 0 Å². The number of hydrogen-bond donors (Lipinski definition) is 1. The zero-order valence-corrected chi connectivity index (χ0v) is 20.9. The van der Waals surface area contributed by atoms with Gasteiger partial charge in [-0.2, -0.15) is 0 Å². The third-order valence-electron chi connectivity index (χ3n) is 5.73. The van der Waals surface area contributed by atoms with Gasteiger partial charge < -0.3 is 10.1 Å². The van der Waals surface area contributed by atoms with Crippen molar-refractivity contribution in [1.82, 2.24) is 5.32 Å². The van der Waals surface area contributed by atoms with Gasteiger partial charge in [-0.1, -0.05) is 63.2 Å². The van der Waals surface area contributed by atoms with Gasteiger partial charge in [-0.15, -0.1) is 0 Å². The predicted molar refractivity (Wildman–Crippen MR) is 136 cm³/mol. The number of anilines is 1. The normalized spacial score (nSPS) is 12.3. The summed E-state index contributed by atoms with van der Waals surface area (Å²) in [6.45, 7) is 5.79.